The lowest BCUT2D eigenvalue weighted by atomic mass is 9.96. The maximum absolute atomic E-state index is 12.8. The quantitative estimate of drug-likeness (QED) is 0.763. The van der Waals surface area contributed by atoms with Crippen molar-refractivity contribution in [1.29, 1.82) is 0 Å². The summed E-state index contributed by atoms with van der Waals surface area (Å²) < 4.78 is 5.43. The number of benzene rings is 1. The maximum Gasteiger partial charge on any atom is 0.227 e. The highest BCUT2D eigenvalue weighted by Crippen LogP contribution is 2.33. The predicted octanol–water partition coefficient (Wildman–Crippen LogP) is 2.78. The third-order valence-electron chi connectivity index (χ3n) is 6.43. The van der Waals surface area contributed by atoms with Gasteiger partial charge in [-0.25, -0.2) is 0 Å². The molecule has 3 rings (SSSR count). The first-order valence-electron chi connectivity index (χ1n) is 10.8. The summed E-state index contributed by atoms with van der Waals surface area (Å²) in [5, 5.41) is 3.10. The first-order chi connectivity index (χ1) is 13.8. The number of anilines is 1. The predicted molar refractivity (Wildman–Crippen MR) is 115 cm³/mol. The molecule has 2 aliphatic rings. The normalized spacial score (nSPS) is 22.0. The van der Waals surface area contributed by atoms with Gasteiger partial charge >= 0.3 is 0 Å². The fraction of sp³-hybridized carbons (Fsp3) is 0.652. The van der Waals surface area contributed by atoms with Crippen LogP contribution in [0, 0.1) is 5.92 Å². The van der Waals surface area contributed by atoms with Crippen molar-refractivity contribution in [3.8, 4) is 0 Å². The van der Waals surface area contributed by atoms with Crippen LogP contribution < -0.4 is 10.2 Å². The van der Waals surface area contributed by atoms with E-state index in [0.717, 1.165) is 38.4 Å². The molecular formula is C23H35N3O3. The number of carbonyl (C=O) groups excluding carboxylic acids is 2. The highest BCUT2D eigenvalue weighted by Gasteiger charge is 2.37. The van der Waals surface area contributed by atoms with Crippen LogP contribution in [0.4, 0.5) is 5.69 Å². The van der Waals surface area contributed by atoms with Gasteiger partial charge < -0.3 is 15.0 Å². The Morgan fingerprint density at radius 3 is 2.66 bits per heavy atom. The molecule has 6 heteroatoms. The van der Waals surface area contributed by atoms with Gasteiger partial charge in [0, 0.05) is 43.8 Å². The number of rotatable bonds is 7. The molecule has 1 N–H and O–H groups in total. The lowest BCUT2D eigenvalue weighted by Crippen LogP contribution is -2.55. The number of nitrogens with zero attached hydrogens (tertiary/aromatic N) is 2. The van der Waals surface area contributed by atoms with Gasteiger partial charge in [0.1, 0.15) is 0 Å². The molecule has 2 aliphatic heterocycles. The number of nitrogens with one attached hydrogen (secondary N) is 1. The maximum atomic E-state index is 12.8. The molecule has 0 aromatic heterocycles. The second kappa shape index (κ2) is 9.26. The molecular weight excluding hydrogens is 366 g/mol. The Morgan fingerprint density at radius 1 is 1.28 bits per heavy atom. The van der Waals surface area contributed by atoms with Crippen molar-refractivity contribution in [2.24, 2.45) is 5.92 Å². The Kier molecular flexibility index (Phi) is 6.96. The zero-order chi connectivity index (χ0) is 21.0. The van der Waals surface area contributed by atoms with E-state index in [1.807, 2.05) is 18.2 Å². The van der Waals surface area contributed by atoms with Crippen molar-refractivity contribution in [3.05, 3.63) is 29.8 Å². The number of morpholine rings is 1. The number of amides is 2. The van der Waals surface area contributed by atoms with E-state index in [0.29, 0.717) is 19.0 Å². The number of hydrogen-bond acceptors (Lipinski definition) is 4. The van der Waals surface area contributed by atoms with Gasteiger partial charge in [0.05, 0.1) is 19.1 Å². The SMILES string of the molecule is CCC(C)c1ccccc1N1CC(C(=O)NCC(C)(C)N2CCOCC2)CC1=O. The van der Waals surface area contributed by atoms with Gasteiger partial charge in [-0.2, -0.15) is 0 Å². The monoisotopic (exact) mass is 401 g/mol. The van der Waals surface area contributed by atoms with Crippen LogP contribution in [0.2, 0.25) is 0 Å². The van der Waals surface area contributed by atoms with E-state index in [1.165, 1.54) is 5.56 Å². The molecule has 0 radical (unpaired) electrons. The molecule has 2 atom stereocenters. The summed E-state index contributed by atoms with van der Waals surface area (Å²) in [5.74, 6) is 0.0886. The molecule has 0 saturated carbocycles. The van der Waals surface area contributed by atoms with E-state index in [9.17, 15) is 9.59 Å². The molecule has 1 aromatic carbocycles. The van der Waals surface area contributed by atoms with Crippen LogP contribution in [0.3, 0.4) is 0 Å². The topological polar surface area (TPSA) is 61.9 Å². The van der Waals surface area contributed by atoms with Crippen molar-refractivity contribution < 1.29 is 14.3 Å². The molecule has 0 spiro atoms. The molecule has 0 aliphatic carbocycles. The number of ether oxygens (including phenoxy) is 1. The zero-order valence-corrected chi connectivity index (χ0v) is 18.2. The van der Waals surface area contributed by atoms with E-state index in [2.05, 4.69) is 44.0 Å². The first kappa shape index (κ1) is 21.8. The third kappa shape index (κ3) is 4.98. The lowest BCUT2D eigenvalue weighted by Gasteiger charge is -2.41. The van der Waals surface area contributed by atoms with Crippen molar-refractivity contribution in [2.75, 3.05) is 44.3 Å². The minimum absolute atomic E-state index is 0.0248. The van der Waals surface area contributed by atoms with Gasteiger partial charge in [-0.1, -0.05) is 32.0 Å². The van der Waals surface area contributed by atoms with Crippen LogP contribution in [-0.2, 0) is 14.3 Å². The van der Waals surface area contributed by atoms with Gasteiger partial charge in [0.2, 0.25) is 11.8 Å². The molecule has 2 saturated heterocycles. The van der Waals surface area contributed by atoms with Crippen molar-refractivity contribution in [1.82, 2.24) is 10.2 Å². The number of hydrogen-bond donors (Lipinski definition) is 1. The largest absolute Gasteiger partial charge is 0.379 e. The molecule has 1 aromatic rings. The lowest BCUT2D eigenvalue weighted by molar-refractivity contribution is -0.127. The van der Waals surface area contributed by atoms with Gasteiger partial charge in [-0.15, -0.1) is 0 Å². The fourth-order valence-electron chi connectivity index (χ4n) is 4.21. The van der Waals surface area contributed by atoms with Gasteiger partial charge in [-0.3, -0.25) is 14.5 Å². The average Bonchev–Trinajstić information content (AvgIpc) is 3.13. The Hall–Kier alpha value is -1.92. The number of para-hydroxylation sites is 1. The standard InChI is InChI=1S/C23H35N3O3/c1-5-17(2)19-8-6-7-9-20(19)26-15-18(14-21(26)27)22(28)24-16-23(3,4)25-10-12-29-13-11-25/h6-9,17-18H,5,10-16H2,1-4H3,(H,24,28). The molecule has 29 heavy (non-hydrogen) atoms. The Bertz CT molecular complexity index is 728. The smallest absolute Gasteiger partial charge is 0.227 e. The highest BCUT2D eigenvalue weighted by molar-refractivity contribution is 6.00. The summed E-state index contributed by atoms with van der Waals surface area (Å²) in [6.45, 7) is 12.9. The fourth-order valence-corrected chi connectivity index (χ4v) is 4.21. The Labute approximate surface area is 174 Å². The van der Waals surface area contributed by atoms with Crippen LogP contribution in [0.15, 0.2) is 24.3 Å². The molecule has 0 bridgehead atoms. The molecule has 2 fully saturated rings. The highest BCUT2D eigenvalue weighted by atomic mass is 16.5. The van der Waals surface area contributed by atoms with Gasteiger partial charge in [0.25, 0.3) is 0 Å². The summed E-state index contributed by atoms with van der Waals surface area (Å²) in [4.78, 5) is 29.7. The minimum atomic E-state index is -0.298. The van der Waals surface area contributed by atoms with E-state index in [4.69, 9.17) is 4.74 Å². The van der Waals surface area contributed by atoms with Crippen LogP contribution in [0.25, 0.3) is 0 Å². The van der Waals surface area contributed by atoms with Crippen LogP contribution in [-0.4, -0.2) is 61.6 Å². The molecule has 2 amide bonds. The zero-order valence-electron chi connectivity index (χ0n) is 18.2. The van der Waals surface area contributed by atoms with E-state index in [1.54, 1.807) is 4.90 Å². The molecule has 160 valence electrons. The van der Waals surface area contributed by atoms with Gasteiger partial charge in [0.15, 0.2) is 0 Å². The second-order valence-corrected chi connectivity index (χ2v) is 8.90. The van der Waals surface area contributed by atoms with Crippen LogP contribution in [0.1, 0.15) is 52.0 Å². The van der Waals surface area contributed by atoms with Crippen molar-refractivity contribution in [2.45, 2.75) is 52.0 Å². The van der Waals surface area contributed by atoms with E-state index < -0.39 is 0 Å². The van der Waals surface area contributed by atoms with Crippen molar-refractivity contribution >= 4 is 17.5 Å². The van der Waals surface area contributed by atoms with E-state index >= 15 is 0 Å². The Morgan fingerprint density at radius 2 is 1.97 bits per heavy atom. The van der Waals surface area contributed by atoms with E-state index in [-0.39, 0.29) is 29.7 Å². The van der Waals surface area contributed by atoms with Crippen LogP contribution >= 0.6 is 0 Å². The molecule has 2 heterocycles. The summed E-state index contributed by atoms with van der Waals surface area (Å²) in [6, 6.07) is 8.08. The third-order valence-corrected chi connectivity index (χ3v) is 6.43. The Balaban J connectivity index is 1.62. The first-order valence-corrected chi connectivity index (χ1v) is 10.8. The molecule has 2 unspecified atom stereocenters. The summed E-state index contributed by atoms with van der Waals surface area (Å²) in [6.07, 6.45) is 1.29. The molecule has 6 nitrogen and oxygen atoms in total. The minimum Gasteiger partial charge on any atom is -0.379 e. The summed E-state index contributed by atoms with van der Waals surface area (Å²) >= 11 is 0. The summed E-state index contributed by atoms with van der Waals surface area (Å²) in [7, 11) is 0. The number of carbonyl (C=O) groups is 2. The average molecular weight is 402 g/mol. The van der Waals surface area contributed by atoms with Gasteiger partial charge in [-0.05, 0) is 37.8 Å². The second-order valence-electron chi connectivity index (χ2n) is 8.90. The van der Waals surface area contributed by atoms with Crippen molar-refractivity contribution in [3.63, 3.8) is 0 Å². The summed E-state index contributed by atoms with van der Waals surface area (Å²) in [5.41, 5.74) is 2.00. The van der Waals surface area contributed by atoms with Crippen LogP contribution in [0.5, 0.6) is 0 Å².